The van der Waals surface area contributed by atoms with Crippen molar-refractivity contribution in [2.75, 3.05) is 6.54 Å². The summed E-state index contributed by atoms with van der Waals surface area (Å²) in [5, 5.41) is 8.84. The fourth-order valence-electron chi connectivity index (χ4n) is 2.25. The van der Waals surface area contributed by atoms with E-state index < -0.39 is 0 Å². The molecule has 3 rings (SSSR count). The largest absolute Gasteiger partial charge is 0.349 e. The number of rotatable bonds is 5. The first kappa shape index (κ1) is 16.1. The minimum Gasteiger partial charge on any atom is -0.349 e. The zero-order chi connectivity index (χ0) is 17.1. The molecular formula is C16H15FN4O2S. The van der Waals surface area contributed by atoms with Crippen molar-refractivity contribution in [3.05, 3.63) is 63.0 Å². The number of halogens is 1. The summed E-state index contributed by atoms with van der Waals surface area (Å²) >= 11 is 1.35. The minimum absolute atomic E-state index is 0.173. The van der Waals surface area contributed by atoms with Crippen molar-refractivity contribution in [2.24, 2.45) is 7.05 Å². The van der Waals surface area contributed by atoms with E-state index in [0.717, 1.165) is 0 Å². The molecule has 0 radical (unpaired) electrons. The van der Waals surface area contributed by atoms with Gasteiger partial charge in [0.25, 0.3) is 5.91 Å². The lowest BCUT2D eigenvalue weighted by Crippen LogP contribution is -2.31. The Morgan fingerprint density at radius 1 is 1.29 bits per heavy atom. The molecule has 2 aromatic heterocycles. The number of hydrogen-bond acceptors (Lipinski definition) is 4. The molecule has 0 unspecified atom stereocenters. The van der Waals surface area contributed by atoms with Crippen LogP contribution in [0.15, 0.2) is 46.6 Å². The Hall–Kier alpha value is -2.74. The average Bonchev–Trinajstić information content (AvgIpc) is 3.20. The van der Waals surface area contributed by atoms with Crippen LogP contribution in [0.4, 0.5) is 4.39 Å². The molecule has 6 nitrogen and oxygen atoms in total. The van der Waals surface area contributed by atoms with Gasteiger partial charge in [0.15, 0.2) is 5.82 Å². The Labute approximate surface area is 141 Å². The maximum Gasteiger partial charge on any atom is 0.345 e. The maximum absolute atomic E-state index is 13.0. The fraction of sp³-hybridized carbons (Fsp3) is 0.188. The average molecular weight is 346 g/mol. The van der Waals surface area contributed by atoms with Crippen molar-refractivity contribution in [1.29, 1.82) is 0 Å². The van der Waals surface area contributed by atoms with E-state index in [1.807, 2.05) is 5.38 Å². The molecule has 1 amide bonds. The fourth-order valence-corrected chi connectivity index (χ4v) is 2.89. The number of nitrogens with one attached hydrogen (secondary N) is 1. The van der Waals surface area contributed by atoms with E-state index in [0.29, 0.717) is 16.3 Å². The highest BCUT2D eigenvalue weighted by Gasteiger charge is 2.12. The topological polar surface area (TPSA) is 68.9 Å². The summed E-state index contributed by atoms with van der Waals surface area (Å²) < 4.78 is 15.7. The number of aromatic nitrogens is 3. The van der Waals surface area contributed by atoms with Gasteiger partial charge >= 0.3 is 5.69 Å². The van der Waals surface area contributed by atoms with E-state index in [4.69, 9.17) is 0 Å². The van der Waals surface area contributed by atoms with E-state index in [9.17, 15) is 14.0 Å². The second kappa shape index (κ2) is 6.79. The summed E-state index contributed by atoms with van der Waals surface area (Å²) in [6.45, 7) is 0.543. The maximum atomic E-state index is 13.0. The molecule has 0 atom stereocenters. The number of carbonyl (C=O) groups is 1. The highest BCUT2D eigenvalue weighted by atomic mass is 32.1. The molecule has 0 aliphatic carbocycles. The van der Waals surface area contributed by atoms with Crippen molar-refractivity contribution in [2.45, 2.75) is 6.54 Å². The molecule has 24 heavy (non-hydrogen) atoms. The molecule has 0 bridgehead atoms. The van der Waals surface area contributed by atoms with Gasteiger partial charge in [-0.15, -0.1) is 16.4 Å². The van der Waals surface area contributed by atoms with E-state index in [2.05, 4.69) is 10.4 Å². The van der Waals surface area contributed by atoms with Crippen LogP contribution in [0, 0.1) is 5.82 Å². The minimum atomic E-state index is -0.348. The third kappa shape index (κ3) is 3.28. The first-order valence-electron chi connectivity index (χ1n) is 7.28. The van der Waals surface area contributed by atoms with E-state index in [1.165, 1.54) is 32.7 Å². The number of benzene rings is 1. The summed E-state index contributed by atoms with van der Waals surface area (Å²) in [6.07, 6.45) is 0. The quantitative estimate of drug-likeness (QED) is 0.767. The number of hydrogen-bond donors (Lipinski definition) is 1. The number of thiophene rings is 1. The molecule has 1 N–H and O–H groups in total. The van der Waals surface area contributed by atoms with E-state index >= 15 is 0 Å². The van der Waals surface area contributed by atoms with Crippen molar-refractivity contribution < 1.29 is 9.18 Å². The number of amides is 1. The molecule has 0 aliphatic rings. The second-order valence-corrected chi connectivity index (χ2v) is 6.08. The molecule has 124 valence electrons. The number of carbonyl (C=O) groups excluding carboxylic acids is 1. The lowest BCUT2D eigenvalue weighted by Gasteiger charge is -2.02. The van der Waals surface area contributed by atoms with Gasteiger partial charge in [-0.3, -0.25) is 9.36 Å². The van der Waals surface area contributed by atoms with Crippen molar-refractivity contribution in [3.63, 3.8) is 0 Å². The van der Waals surface area contributed by atoms with Crippen LogP contribution in [0.3, 0.4) is 0 Å². The van der Waals surface area contributed by atoms with Crippen LogP contribution in [-0.2, 0) is 13.6 Å². The van der Waals surface area contributed by atoms with Crippen LogP contribution in [0.5, 0.6) is 0 Å². The number of nitrogens with zero attached hydrogens (tertiary/aromatic N) is 3. The molecule has 0 fully saturated rings. The molecule has 8 heteroatoms. The summed E-state index contributed by atoms with van der Waals surface area (Å²) in [7, 11) is 1.61. The van der Waals surface area contributed by atoms with Crippen LogP contribution in [0.25, 0.3) is 11.4 Å². The highest BCUT2D eigenvalue weighted by molar-refractivity contribution is 7.12. The van der Waals surface area contributed by atoms with E-state index in [-0.39, 0.29) is 30.5 Å². The predicted octanol–water partition coefficient (Wildman–Crippen LogP) is 1.88. The summed E-state index contributed by atoms with van der Waals surface area (Å²) in [5.74, 6) is -0.0724. The first-order valence-corrected chi connectivity index (χ1v) is 8.15. The van der Waals surface area contributed by atoms with Gasteiger partial charge in [0.2, 0.25) is 0 Å². The van der Waals surface area contributed by atoms with Crippen molar-refractivity contribution >= 4 is 17.2 Å². The van der Waals surface area contributed by atoms with Crippen molar-refractivity contribution in [1.82, 2.24) is 19.7 Å². The Kier molecular flexibility index (Phi) is 4.57. The van der Waals surface area contributed by atoms with Gasteiger partial charge < -0.3 is 5.32 Å². The molecule has 0 saturated carbocycles. The zero-order valence-electron chi connectivity index (χ0n) is 12.9. The molecule has 3 aromatic rings. The lowest BCUT2D eigenvalue weighted by molar-refractivity contribution is 0.0956. The molecule has 0 saturated heterocycles. The van der Waals surface area contributed by atoms with Crippen LogP contribution in [0.2, 0.25) is 0 Å². The van der Waals surface area contributed by atoms with Gasteiger partial charge in [-0.2, -0.15) is 0 Å². The normalized spacial score (nSPS) is 10.8. The van der Waals surface area contributed by atoms with Gasteiger partial charge in [0.05, 0.1) is 11.4 Å². The Bertz CT molecular complexity index is 897. The molecule has 0 aliphatic heterocycles. The second-order valence-electron chi connectivity index (χ2n) is 5.13. The molecule has 0 spiro atoms. The van der Waals surface area contributed by atoms with Gasteiger partial charge in [-0.05, 0) is 35.7 Å². The first-order chi connectivity index (χ1) is 11.6. The molecule has 1 aromatic carbocycles. The SMILES string of the molecule is Cn1c(-c2ccc(F)cc2)nn(CCNC(=O)c2cccs2)c1=O. The summed E-state index contributed by atoms with van der Waals surface area (Å²) in [4.78, 5) is 24.7. The van der Waals surface area contributed by atoms with Crippen molar-refractivity contribution in [3.8, 4) is 11.4 Å². The smallest absolute Gasteiger partial charge is 0.345 e. The predicted molar refractivity (Wildman–Crippen MR) is 89.5 cm³/mol. The lowest BCUT2D eigenvalue weighted by atomic mass is 10.2. The van der Waals surface area contributed by atoms with Gasteiger partial charge in [-0.1, -0.05) is 6.07 Å². The third-order valence-electron chi connectivity index (χ3n) is 3.50. The molecule has 2 heterocycles. The van der Waals surface area contributed by atoms with E-state index in [1.54, 1.807) is 31.3 Å². The Morgan fingerprint density at radius 3 is 2.71 bits per heavy atom. The van der Waals surface area contributed by atoms with Gasteiger partial charge in [0, 0.05) is 19.2 Å². The van der Waals surface area contributed by atoms with Gasteiger partial charge in [0.1, 0.15) is 5.82 Å². The third-order valence-corrected chi connectivity index (χ3v) is 4.37. The van der Waals surface area contributed by atoms with Crippen LogP contribution >= 0.6 is 11.3 Å². The molecular weight excluding hydrogens is 331 g/mol. The van der Waals surface area contributed by atoms with Gasteiger partial charge in [-0.25, -0.2) is 13.9 Å². The summed E-state index contributed by atoms with van der Waals surface area (Å²) in [5.41, 5.74) is 0.358. The summed E-state index contributed by atoms with van der Waals surface area (Å²) in [6, 6.07) is 9.32. The standard InChI is InChI=1S/C16H15FN4O2S/c1-20-14(11-4-6-12(17)7-5-11)19-21(16(20)23)9-8-18-15(22)13-3-2-10-24-13/h2-7,10H,8-9H2,1H3,(H,18,22). The van der Waals surface area contributed by atoms with Crippen LogP contribution < -0.4 is 11.0 Å². The highest BCUT2D eigenvalue weighted by Crippen LogP contribution is 2.15. The Morgan fingerprint density at radius 2 is 2.04 bits per heavy atom. The monoisotopic (exact) mass is 346 g/mol. The van der Waals surface area contributed by atoms with Crippen LogP contribution in [-0.4, -0.2) is 26.8 Å². The zero-order valence-corrected chi connectivity index (χ0v) is 13.7. The Balaban J connectivity index is 1.71. The van der Waals surface area contributed by atoms with Crippen LogP contribution in [0.1, 0.15) is 9.67 Å².